The molecular weight excluding hydrogens is 433 g/mol. The van der Waals surface area contributed by atoms with E-state index < -0.39 is 60.6 Å². The fourth-order valence-corrected chi connectivity index (χ4v) is 3.96. The van der Waals surface area contributed by atoms with E-state index in [1.165, 1.54) is 11.0 Å². The predicted molar refractivity (Wildman–Crippen MR) is 102 cm³/mol. The number of amides is 4. The van der Waals surface area contributed by atoms with Gasteiger partial charge in [0.05, 0.1) is 19.6 Å². The van der Waals surface area contributed by atoms with Gasteiger partial charge in [-0.05, 0) is 19.9 Å². The molecule has 0 N–H and O–H groups in total. The molecule has 0 spiro atoms. The standard InChI is InChI=1S/C20H23F3N4O5/c1-19(2,26-6-5-20(22,23)11-26)7-12(8-24)17(30)25-9-13(21)14(10-25)32-18(31)27-15(28)3-4-16(27)29/h7,13-14H,3-6,9-11H2,1-2H3/b12-7+/t13-,14-/m0/s1. The van der Waals surface area contributed by atoms with Crippen molar-refractivity contribution in [2.45, 2.75) is 56.8 Å². The van der Waals surface area contributed by atoms with Crippen LogP contribution in [0.25, 0.3) is 0 Å². The molecule has 0 aromatic carbocycles. The number of imide groups is 3. The van der Waals surface area contributed by atoms with Gasteiger partial charge in [0.15, 0.2) is 12.3 Å². The number of hydrogen-bond acceptors (Lipinski definition) is 7. The molecule has 32 heavy (non-hydrogen) atoms. The molecule has 3 heterocycles. The third kappa shape index (κ3) is 4.77. The van der Waals surface area contributed by atoms with Crippen molar-refractivity contribution in [1.82, 2.24) is 14.7 Å². The summed E-state index contributed by atoms with van der Waals surface area (Å²) in [5, 5.41) is 9.45. The molecule has 3 saturated heterocycles. The van der Waals surface area contributed by atoms with Gasteiger partial charge in [0.25, 0.3) is 11.8 Å². The molecule has 4 amide bonds. The Morgan fingerprint density at radius 3 is 2.38 bits per heavy atom. The van der Waals surface area contributed by atoms with Crippen LogP contribution in [0.15, 0.2) is 11.6 Å². The zero-order valence-corrected chi connectivity index (χ0v) is 17.6. The Hall–Kier alpha value is -2.94. The first-order chi connectivity index (χ1) is 14.8. The number of alkyl halides is 3. The second kappa shape index (κ2) is 8.54. The molecular formula is C20H23F3N4O5. The molecule has 3 fully saturated rings. The number of rotatable bonds is 4. The third-order valence-corrected chi connectivity index (χ3v) is 5.81. The molecule has 0 bridgehead atoms. The minimum Gasteiger partial charge on any atom is -0.440 e. The van der Waals surface area contributed by atoms with Gasteiger partial charge < -0.3 is 9.64 Å². The van der Waals surface area contributed by atoms with E-state index in [0.717, 1.165) is 4.90 Å². The SMILES string of the molecule is CC(C)(/C=C(\C#N)C(=O)N1C[C@H](OC(=O)N2C(=O)CCC2=O)[C@@H](F)C1)N1CCC(F)(F)C1. The number of nitrogens with zero attached hydrogens (tertiary/aromatic N) is 4. The van der Waals surface area contributed by atoms with Crippen molar-refractivity contribution < 1.29 is 37.1 Å². The summed E-state index contributed by atoms with van der Waals surface area (Å²) in [5.74, 6) is -5.18. The summed E-state index contributed by atoms with van der Waals surface area (Å²) < 4.78 is 46.5. The Morgan fingerprint density at radius 2 is 1.84 bits per heavy atom. The fourth-order valence-electron chi connectivity index (χ4n) is 3.96. The number of likely N-dealkylation sites (tertiary alicyclic amines) is 3. The van der Waals surface area contributed by atoms with Gasteiger partial charge in [-0.25, -0.2) is 18.0 Å². The largest absolute Gasteiger partial charge is 0.440 e. The lowest BCUT2D eigenvalue weighted by atomic mass is 9.99. The van der Waals surface area contributed by atoms with E-state index in [9.17, 15) is 37.6 Å². The number of carbonyl (C=O) groups excluding carboxylic acids is 4. The van der Waals surface area contributed by atoms with Gasteiger partial charge in [-0.15, -0.1) is 0 Å². The highest BCUT2D eigenvalue weighted by Gasteiger charge is 2.45. The maximum Gasteiger partial charge on any atom is 0.423 e. The van der Waals surface area contributed by atoms with Gasteiger partial charge in [-0.1, -0.05) is 0 Å². The monoisotopic (exact) mass is 456 g/mol. The molecule has 0 aliphatic carbocycles. The topological polar surface area (TPSA) is 111 Å². The minimum absolute atomic E-state index is 0.0889. The van der Waals surface area contributed by atoms with Crippen molar-refractivity contribution in [3.63, 3.8) is 0 Å². The van der Waals surface area contributed by atoms with Gasteiger partial charge in [-0.3, -0.25) is 19.3 Å². The molecule has 3 aliphatic rings. The maximum atomic E-state index is 14.4. The van der Waals surface area contributed by atoms with E-state index >= 15 is 0 Å². The lowest BCUT2D eigenvalue weighted by molar-refractivity contribution is -0.137. The average molecular weight is 456 g/mol. The molecule has 0 radical (unpaired) electrons. The average Bonchev–Trinajstić information content (AvgIpc) is 3.36. The summed E-state index contributed by atoms with van der Waals surface area (Å²) in [6, 6.07) is 1.73. The summed E-state index contributed by atoms with van der Waals surface area (Å²) in [6.45, 7) is 1.91. The molecule has 9 nitrogen and oxygen atoms in total. The lowest BCUT2D eigenvalue weighted by Gasteiger charge is -2.33. The van der Waals surface area contributed by atoms with E-state index in [1.54, 1.807) is 19.9 Å². The first kappa shape index (κ1) is 23.7. The third-order valence-electron chi connectivity index (χ3n) is 5.81. The highest BCUT2D eigenvalue weighted by Crippen LogP contribution is 2.33. The summed E-state index contributed by atoms with van der Waals surface area (Å²) in [5.41, 5.74) is -1.38. The van der Waals surface area contributed by atoms with Crippen molar-refractivity contribution in [2.24, 2.45) is 0 Å². The summed E-state index contributed by atoms with van der Waals surface area (Å²) in [7, 11) is 0. The van der Waals surface area contributed by atoms with Crippen LogP contribution in [-0.2, 0) is 19.1 Å². The molecule has 3 rings (SSSR count). The molecule has 0 aromatic rings. The Kier molecular flexibility index (Phi) is 6.33. The predicted octanol–water partition coefficient (Wildman–Crippen LogP) is 1.39. The molecule has 12 heteroatoms. The van der Waals surface area contributed by atoms with Crippen LogP contribution in [0, 0.1) is 11.3 Å². The summed E-state index contributed by atoms with van der Waals surface area (Å²) in [4.78, 5) is 50.8. The Labute approximate surface area is 182 Å². The van der Waals surface area contributed by atoms with Gasteiger partial charge in [-0.2, -0.15) is 10.2 Å². The van der Waals surface area contributed by atoms with Crippen molar-refractivity contribution >= 4 is 23.8 Å². The van der Waals surface area contributed by atoms with Crippen LogP contribution in [0.3, 0.4) is 0 Å². The molecule has 0 aromatic heterocycles. The van der Waals surface area contributed by atoms with Gasteiger partial charge in [0.2, 0.25) is 11.8 Å². The van der Waals surface area contributed by atoms with Crippen LogP contribution < -0.4 is 0 Å². The zero-order chi connectivity index (χ0) is 23.8. The van der Waals surface area contributed by atoms with Crippen LogP contribution in [-0.4, -0.2) is 88.4 Å². The minimum atomic E-state index is -2.85. The molecule has 0 unspecified atom stereocenters. The summed E-state index contributed by atoms with van der Waals surface area (Å²) >= 11 is 0. The normalized spacial score (nSPS) is 26.6. The maximum absolute atomic E-state index is 14.4. The highest BCUT2D eigenvalue weighted by molar-refractivity contribution is 6.13. The molecule has 2 atom stereocenters. The lowest BCUT2D eigenvalue weighted by Crippen LogP contribution is -2.43. The van der Waals surface area contributed by atoms with Gasteiger partial charge >= 0.3 is 6.09 Å². The van der Waals surface area contributed by atoms with Crippen molar-refractivity contribution in [3.05, 3.63) is 11.6 Å². The highest BCUT2D eigenvalue weighted by atomic mass is 19.3. The number of nitriles is 1. The van der Waals surface area contributed by atoms with Crippen LogP contribution in [0.5, 0.6) is 0 Å². The van der Waals surface area contributed by atoms with E-state index in [-0.39, 0.29) is 37.9 Å². The van der Waals surface area contributed by atoms with Crippen LogP contribution >= 0.6 is 0 Å². The quantitative estimate of drug-likeness (QED) is 0.357. The Bertz CT molecular complexity index is 897. The van der Waals surface area contributed by atoms with E-state index in [2.05, 4.69) is 0 Å². The Morgan fingerprint density at radius 1 is 1.22 bits per heavy atom. The number of ether oxygens (including phenoxy) is 1. The first-order valence-corrected chi connectivity index (χ1v) is 10.1. The second-order valence-corrected chi connectivity index (χ2v) is 8.62. The van der Waals surface area contributed by atoms with Crippen molar-refractivity contribution in [2.75, 3.05) is 26.2 Å². The number of carbonyl (C=O) groups is 4. The molecule has 0 saturated carbocycles. The van der Waals surface area contributed by atoms with Crippen molar-refractivity contribution in [3.8, 4) is 6.07 Å². The smallest absolute Gasteiger partial charge is 0.423 e. The first-order valence-electron chi connectivity index (χ1n) is 10.1. The zero-order valence-electron chi connectivity index (χ0n) is 17.6. The van der Waals surface area contributed by atoms with Crippen LogP contribution in [0.4, 0.5) is 18.0 Å². The van der Waals surface area contributed by atoms with Crippen molar-refractivity contribution in [1.29, 1.82) is 5.26 Å². The van der Waals surface area contributed by atoms with E-state index in [4.69, 9.17) is 4.74 Å². The fraction of sp³-hybridized carbons (Fsp3) is 0.650. The second-order valence-electron chi connectivity index (χ2n) is 8.62. The van der Waals surface area contributed by atoms with Gasteiger partial charge in [0.1, 0.15) is 11.6 Å². The van der Waals surface area contributed by atoms with Crippen LogP contribution in [0.2, 0.25) is 0 Å². The molecule has 174 valence electrons. The number of hydrogen-bond donors (Lipinski definition) is 0. The number of halogens is 3. The van der Waals surface area contributed by atoms with Crippen LogP contribution in [0.1, 0.15) is 33.1 Å². The Balaban J connectivity index is 1.67. The molecule has 3 aliphatic heterocycles. The van der Waals surface area contributed by atoms with Gasteiger partial charge in [0, 0.05) is 31.3 Å². The summed E-state index contributed by atoms with van der Waals surface area (Å²) in [6.07, 6.45) is -3.85. The van der Waals surface area contributed by atoms with E-state index in [0.29, 0.717) is 4.90 Å². The van der Waals surface area contributed by atoms with E-state index in [1.807, 2.05) is 0 Å².